The van der Waals surface area contributed by atoms with Crippen LogP contribution in [0.1, 0.15) is 41.4 Å². The molecule has 0 aliphatic rings. The van der Waals surface area contributed by atoms with Crippen LogP contribution < -0.4 is 0 Å². The lowest BCUT2D eigenvalue weighted by atomic mass is 9.92. The Morgan fingerprint density at radius 2 is 1.58 bits per heavy atom. The summed E-state index contributed by atoms with van der Waals surface area (Å²) in [6.45, 7) is 7.94. The van der Waals surface area contributed by atoms with Crippen molar-refractivity contribution < 1.29 is 30.0 Å². The molecule has 0 aromatic heterocycles. The van der Waals surface area contributed by atoms with Gasteiger partial charge in [0, 0.05) is 17.7 Å². The molecule has 0 bridgehead atoms. The lowest BCUT2D eigenvalue weighted by Gasteiger charge is -2.19. The van der Waals surface area contributed by atoms with E-state index < -0.39 is 17.3 Å². The van der Waals surface area contributed by atoms with Gasteiger partial charge in [-0.3, -0.25) is 4.79 Å². The Morgan fingerprint density at radius 1 is 0.903 bits per heavy atom. The largest absolute Gasteiger partial charge is 0.508 e. The van der Waals surface area contributed by atoms with Gasteiger partial charge in [0.1, 0.15) is 23.0 Å². The number of rotatable bonds is 7. The van der Waals surface area contributed by atoms with Gasteiger partial charge in [-0.25, -0.2) is 0 Å². The van der Waals surface area contributed by atoms with Gasteiger partial charge >= 0.3 is 0 Å². The summed E-state index contributed by atoms with van der Waals surface area (Å²) in [5, 5.41) is 40.3. The Hall–Kier alpha value is -3.77. The van der Waals surface area contributed by atoms with E-state index in [0.29, 0.717) is 17.7 Å². The predicted molar refractivity (Wildman–Crippen MR) is 118 cm³/mol. The highest BCUT2D eigenvalue weighted by molar-refractivity contribution is 6.13. The standard InChI is InChI=1S/C25H24O6/c1-14(2)13-31-15(3)17-6-4-5-7-18(17)20-11-21(24(29)12-23(20)28)25(30)19-9-8-16(26)10-22(19)27/h4-12,15,26-29H,1,13H2,2-3H3. The number of phenolic OH excluding ortho intramolecular Hbond substituents is 4. The minimum Gasteiger partial charge on any atom is -0.508 e. The maximum atomic E-state index is 13.0. The molecule has 0 heterocycles. The second kappa shape index (κ2) is 8.93. The Labute approximate surface area is 180 Å². The lowest BCUT2D eigenvalue weighted by Crippen LogP contribution is -2.05. The first kappa shape index (κ1) is 21.9. The average Bonchev–Trinajstić information content (AvgIpc) is 2.71. The molecule has 4 N–H and O–H groups in total. The molecule has 0 saturated carbocycles. The van der Waals surface area contributed by atoms with E-state index in [-0.39, 0.29) is 28.7 Å². The summed E-state index contributed by atoms with van der Waals surface area (Å²) >= 11 is 0. The van der Waals surface area contributed by atoms with Crippen LogP contribution >= 0.6 is 0 Å². The molecule has 6 heteroatoms. The number of phenols is 4. The van der Waals surface area contributed by atoms with Crippen molar-refractivity contribution >= 4 is 5.78 Å². The van der Waals surface area contributed by atoms with E-state index in [9.17, 15) is 25.2 Å². The SMILES string of the molecule is C=C(C)COC(C)c1ccccc1-c1cc(C(=O)c2ccc(O)cc2O)c(O)cc1O. The zero-order valence-corrected chi connectivity index (χ0v) is 17.3. The monoisotopic (exact) mass is 420 g/mol. The molecule has 31 heavy (non-hydrogen) atoms. The van der Waals surface area contributed by atoms with Gasteiger partial charge in [-0.05, 0) is 43.2 Å². The van der Waals surface area contributed by atoms with Gasteiger partial charge in [0.2, 0.25) is 0 Å². The number of ether oxygens (including phenoxy) is 1. The topological polar surface area (TPSA) is 107 Å². The van der Waals surface area contributed by atoms with Gasteiger partial charge < -0.3 is 25.2 Å². The van der Waals surface area contributed by atoms with E-state index in [1.807, 2.05) is 26.0 Å². The fourth-order valence-corrected chi connectivity index (χ4v) is 3.29. The number of hydrogen-bond donors (Lipinski definition) is 4. The van der Waals surface area contributed by atoms with Gasteiger partial charge in [0.05, 0.1) is 23.8 Å². The van der Waals surface area contributed by atoms with E-state index in [2.05, 4.69) is 6.58 Å². The fraction of sp³-hybridized carbons (Fsp3) is 0.160. The molecule has 1 atom stereocenters. The molecular formula is C25H24O6. The van der Waals surface area contributed by atoms with Crippen molar-refractivity contribution in [3.8, 4) is 34.1 Å². The molecule has 0 fully saturated rings. The normalized spacial score (nSPS) is 11.8. The highest BCUT2D eigenvalue weighted by Gasteiger charge is 2.22. The molecule has 0 aliphatic carbocycles. The molecule has 3 rings (SSSR count). The van der Waals surface area contributed by atoms with Crippen LogP contribution in [0.5, 0.6) is 23.0 Å². The molecule has 0 spiro atoms. The van der Waals surface area contributed by atoms with Crippen LogP contribution in [0.25, 0.3) is 11.1 Å². The zero-order valence-electron chi connectivity index (χ0n) is 17.3. The van der Waals surface area contributed by atoms with Crippen LogP contribution in [0, 0.1) is 0 Å². The summed E-state index contributed by atoms with van der Waals surface area (Å²) in [6.07, 6.45) is -0.318. The first-order chi connectivity index (χ1) is 14.7. The maximum Gasteiger partial charge on any atom is 0.200 e. The van der Waals surface area contributed by atoms with E-state index in [0.717, 1.165) is 23.3 Å². The molecule has 0 aliphatic heterocycles. The van der Waals surface area contributed by atoms with Crippen LogP contribution in [0.4, 0.5) is 0 Å². The molecule has 1 unspecified atom stereocenters. The quantitative estimate of drug-likeness (QED) is 0.314. The van der Waals surface area contributed by atoms with Crippen LogP contribution in [0.15, 0.2) is 66.7 Å². The Morgan fingerprint density at radius 3 is 2.26 bits per heavy atom. The van der Waals surface area contributed by atoms with Gasteiger partial charge in [0.15, 0.2) is 5.78 Å². The van der Waals surface area contributed by atoms with Crippen LogP contribution in [0.2, 0.25) is 0 Å². The van der Waals surface area contributed by atoms with E-state index in [1.54, 1.807) is 12.1 Å². The van der Waals surface area contributed by atoms with E-state index in [1.165, 1.54) is 18.2 Å². The summed E-state index contributed by atoms with van der Waals surface area (Å²) in [7, 11) is 0. The third kappa shape index (κ3) is 4.70. The highest BCUT2D eigenvalue weighted by atomic mass is 16.5. The summed E-state index contributed by atoms with van der Waals surface area (Å²) < 4.78 is 5.83. The number of carbonyl (C=O) groups is 1. The predicted octanol–water partition coefficient (Wildman–Crippen LogP) is 5.06. The second-order valence-corrected chi connectivity index (χ2v) is 7.41. The number of aromatic hydroxyl groups is 4. The Balaban J connectivity index is 2.08. The Kier molecular flexibility index (Phi) is 6.32. The van der Waals surface area contributed by atoms with Crippen molar-refractivity contribution in [2.75, 3.05) is 6.61 Å². The first-order valence-electron chi connectivity index (χ1n) is 9.67. The number of benzene rings is 3. The fourth-order valence-electron chi connectivity index (χ4n) is 3.29. The molecule has 160 valence electrons. The third-order valence-electron chi connectivity index (χ3n) is 4.85. The van der Waals surface area contributed by atoms with Crippen LogP contribution in [-0.2, 0) is 4.74 Å². The van der Waals surface area contributed by atoms with Gasteiger partial charge in [-0.15, -0.1) is 0 Å². The zero-order chi connectivity index (χ0) is 22.7. The number of carbonyl (C=O) groups excluding carboxylic acids is 1. The molecule has 6 nitrogen and oxygen atoms in total. The van der Waals surface area contributed by atoms with Crippen molar-refractivity contribution in [1.29, 1.82) is 0 Å². The highest BCUT2D eigenvalue weighted by Crippen LogP contribution is 2.40. The van der Waals surface area contributed by atoms with Crippen molar-refractivity contribution in [3.05, 3.63) is 83.4 Å². The summed E-state index contributed by atoms with van der Waals surface area (Å²) in [5.41, 5.74) is 2.45. The summed E-state index contributed by atoms with van der Waals surface area (Å²) in [6, 6.07) is 13.3. The lowest BCUT2D eigenvalue weighted by molar-refractivity contribution is 0.0842. The Bertz CT molecular complexity index is 1150. The second-order valence-electron chi connectivity index (χ2n) is 7.41. The minimum atomic E-state index is -0.652. The molecule has 3 aromatic rings. The summed E-state index contributed by atoms with van der Waals surface area (Å²) in [5.74, 6) is -1.89. The minimum absolute atomic E-state index is 0.0869. The molecular weight excluding hydrogens is 396 g/mol. The average molecular weight is 420 g/mol. The van der Waals surface area contributed by atoms with Gasteiger partial charge in [-0.2, -0.15) is 0 Å². The van der Waals surface area contributed by atoms with Crippen molar-refractivity contribution in [3.63, 3.8) is 0 Å². The smallest absolute Gasteiger partial charge is 0.200 e. The number of ketones is 1. The molecule has 0 saturated heterocycles. The molecule has 0 amide bonds. The van der Waals surface area contributed by atoms with Crippen molar-refractivity contribution in [2.24, 2.45) is 0 Å². The van der Waals surface area contributed by atoms with Crippen LogP contribution in [0.3, 0.4) is 0 Å². The first-order valence-corrected chi connectivity index (χ1v) is 9.67. The van der Waals surface area contributed by atoms with Gasteiger partial charge in [-0.1, -0.05) is 36.4 Å². The number of hydrogen-bond acceptors (Lipinski definition) is 6. The van der Waals surface area contributed by atoms with Crippen molar-refractivity contribution in [1.82, 2.24) is 0 Å². The summed E-state index contributed by atoms with van der Waals surface area (Å²) in [4.78, 5) is 13.0. The van der Waals surface area contributed by atoms with Crippen LogP contribution in [-0.4, -0.2) is 32.8 Å². The van der Waals surface area contributed by atoms with Gasteiger partial charge in [0.25, 0.3) is 0 Å². The van der Waals surface area contributed by atoms with E-state index in [4.69, 9.17) is 4.74 Å². The molecule has 3 aromatic carbocycles. The van der Waals surface area contributed by atoms with E-state index >= 15 is 0 Å². The van der Waals surface area contributed by atoms with Crippen molar-refractivity contribution in [2.45, 2.75) is 20.0 Å². The molecule has 0 radical (unpaired) electrons. The maximum absolute atomic E-state index is 13.0. The third-order valence-corrected chi connectivity index (χ3v) is 4.85.